The molecule has 0 radical (unpaired) electrons. The van der Waals surface area contributed by atoms with Gasteiger partial charge in [-0.25, -0.2) is 4.98 Å². The number of hydrogen-bond donors (Lipinski definition) is 1. The third-order valence-electron chi connectivity index (χ3n) is 3.31. The summed E-state index contributed by atoms with van der Waals surface area (Å²) in [6, 6.07) is 0. The Morgan fingerprint density at radius 2 is 2.25 bits per heavy atom. The van der Waals surface area contributed by atoms with Crippen molar-refractivity contribution in [2.24, 2.45) is 11.7 Å². The molecule has 1 aromatic rings. The minimum Gasteiger partial charge on any atom is -0.327 e. The Hall–Kier alpha value is -0.670. The molecule has 1 heterocycles. The van der Waals surface area contributed by atoms with Crippen LogP contribution in [-0.2, 0) is 0 Å². The van der Waals surface area contributed by atoms with Crippen LogP contribution in [0.25, 0.3) is 6.08 Å². The van der Waals surface area contributed by atoms with Crippen molar-refractivity contribution in [2.75, 3.05) is 6.54 Å². The largest absolute Gasteiger partial charge is 0.327 e. The van der Waals surface area contributed by atoms with Crippen molar-refractivity contribution in [3.8, 4) is 0 Å². The molecule has 1 saturated carbocycles. The molecule has 1 aliphatic carbocycles. The van der Waals surface area contributed by atoms with Gasteiger partial charge in [0.05, 0.1) is 0 Å². The van der Waals surface area contributed by atoms with Crippen LogP contribution in [0.3, 0.4) is 0 Å². The van der Waals surface area contributed by atoms with E-state index in [0.29, 0.717) is 12.5 Å². The lowest BCUT2D eigenvalue weighted by molar-refractivity contribution is 0.401. The van der Waals surface area contributed by atoms with E-state index in [1.54, 1.807) is 11.3 Å². The van der Waals surface area contributed by atoms with Crippen LogP contribution in [0, 0.1) is 12.8 Å². The lowest BCUT2D eigenvalue weighted by atomic mass is 9.83. The maximum atomic E-state index is 5.87. The summed E-state index contributed by atoms with van der Waals surface area (Å²) in [5, 5.41) is 3.21. The normalized spacial score (nSPS) is 19.0. The molecular weight excluding hydrogens is 216 g/mol. The summed E-state index contributed by atoms with van der Waals surface area (Å²) in [7, 11) is 0. The number of nitrogens with zero attached hydrogens (tertiary/aromatic N) is 1. The predicted octanol–water partition coefficient (Wildman–Crippen LogP) is 3.37. The van der Waals surface area contributed by atoms with E-state index in [0.717, 1.165) is 10.7 Å². The summed E-state index contributed by atoms with van der Waals surface area (Å²) < 4.78 is 0. The number of nitrogens with two attached hydrogens (primary N) is 1. The molecule has 2 nitrogen and oxygen atoms in total. The first kappa shape index (κ1) is 11.8. The smallest absolute Gasteiger partial charge is 0.116 e. The van der Waals surface area contributed by atoms with Gasteiger partial charge in [0.15, 0.2) is 0 Å². The van der Waals surface area contributed by atoms with Crippen molar-refractivity contribution in [3.05, 3.63) is 21.7 Å². The minimum absolute atomic E-state index is 0.684. The highest BCUT2D eigenvalue weighted by Crippen LogP contribution is 2.30. The second kappa shape index (κ2) is 5.60. The zero-order valence-corrected chi connectivity index (χ0v) is 10.7. The Morgan fingerprint density at radius 3 is 2.81 bits per heavy atom. The second-order valence-electron chi connectivity index (χ2n) is 4.59. The number of thiazole rings is 1. The van der Waals surface area contributed by atoms with Crippen LogP contribution in [0.1, 0.15) is 42.8 Å². The Kier molecular flexibility index (Phi) is 4.13. The van der Waals surface area contributed by atoms with Gasteiger partial charge in [0.25, 0.3) is 0 Å². The van der Waals surface area contributed by atoms with Gasteiger partial charge in [0.2, 0.25) is 0 Å². The van der Waals surface area contributed by atoms with E-state index >= 15 is 0 Å². The van der Waals surface area contributed by atoms with E-state index < -0.39 is 0 Å². The standard InChI is InChI=1S/C13H20N2S/c1-10-9-16-13(15-10)7-12(8-14)11-5-3-2-4-6-11/h7,9,11H,2-6,8,14H2,1H3/b12-7-. The molecule has 2 N–H and O–H groups in total. The highest BCUT2D eigenvalue weighted by Gasteiger charge is 2.17. The van der Waals surface area contributed by atoms with Gasteiger partial charge in [-0.05, 0) is 31.8 Å². The van der Waals surface area contributed by atoms with Crippen molar-refractivity contribution >= 4 is 17.4 Å². The number of hydrogen-bond acceptors (Lipinski definition) is 3. The summed E-state index contributed by atoms with van der Waals surface area (Å²) in [6.45, 7) is 2.72. The lowest BCUT2D eigenvalue weighted by Gasteiger charge is -2.23. The molecule has 0 spiro atoms. The minimum atomic E-state index is 0.684. The average molecular weight is 236 g/mol. The van der Waals surface area contributed by atoms with E-state index in [9.17, 15) is 0 Å². The first-order valence-electron chi connectivity index (χ1n) is 6.12. The molecule has 0 aromatic carbocycles. The molecular formula is C13H20N2S. The van der Waals surface area contributed by atoms with Gasteiger partial charge < -0.3 is 5.73 Å². The van der Waals surface area contributed by atoms with Crippen LogP contribution < -0.4 is 5.73 Å². The van der Waals surface area contributed by atoms with E-state index in [1.165, 1.54) is 37.7 Å². The highest BCUT2D eigenvalue weighted by atomic mass is 32.1. The molecule has 3 heteroatoms. The zero-order valence-electron chi connectivity index (χ0n) is 9.91. The molecule has 0 unspecified atom stereocenters. The summed E-state index contributed by atoms with van der Waals surface area (Å²) in [5.41, 5.74) is 8.37. The van der Waals surface area contributed by atoms with E-state index in [1.807, 2.05) is 6.92 Å². The summed E-state index contributed by atoms with van der Waals surface area (Å²) in [6.07, 6.45) is 8.96. The molecule has 0 atom stereocenters. The summed E-state index contributed by atoms with van der Waals surface area (Å²) in [5.74, 6) is 0.711. The fourth-order valence-corrected chi connectivity index (χ4v) is 3.17. The number of rotatable bonds is 3. The first-order valence-corrected chi connectivity index (χ1v) is 7.00. The number of aryl methyl sites for hydroxylation is 1. The van der Waals surface area contributed by atoms with E-state index in [-0.39, 0.29) is 0 Å². The van der Waals surface area contributed by atoms with Crippen LogP contribution in [-0.4, -0.2) is 11.5 Å². The summed E-state index contributed by atoms with van der Waals surface area (Å²) in [4.78, 5) is 4.48. The predicted molar refractivity (Wildman–Crippen MR) is 70.5 cm³/mol. The van der Waals surface area contributed by atoms with Crippen molar-refractivity contribution in [3.63, 3.8) is 0 Å². The van der Waals surface area contributed by atoms with Crippen molar-refractivity contribution in [1.82, 2.24) is 4.98 Å². The average Bonchev–Trinajstić information content (AvgIpc) is 2.73. The SMILES string of the molecule is Cc1csc(/C=C(/CN)C2CCCCC2)n1. The lowest BCUT2D eigenvalue weighted by Crippen LogP contribution is -2.16. The molecule has 1 aromatic heterocycles. The van der Waals surface area contributed by atoms with E-state index in [4.69, 9.17) is 5.73 Å². The molecule has 0 aliphatic heterocycles. The van der Waals surface area contributed by atoms with Crippen molar-refractivity contribution in [2.45, 2.75) is 39.0 Å². The fourth-order valence-electron chi connectivity index (χ4n) is 2.41. The van der Waals surface area contributed by atoms with Gasteiger partial charge in [-0.3, -0.25) is 0 Å². The fraction of sp³-hybridized carbons (Fsp3) is 0.615. The molecule has 88 valence electrons. The maximum Gasteiger partial charge on any atom is 0.116 e. The van der Waals surface area contributed by atoms with Gasteiger partial charge in [-0.1, -0.05) is 24.8 Å². The quantitative estimate of drug-likeness (QED) is 0.874. The van der Waals surface area contributed by atoms with Crippen LogP contribution in [0.2, 0.25) is 0 Å². The Labute approximate surface area is 102 Å². The van der Waals surface area contributed by atoms with Crippen LogP contribution in [0.5, 0.6) is 0 Å². The van der Waals surface area contributed by atoms with Gasteiger partial charge in [-0.2, -0.15) is 0 Å². The molecule has 0 saturated heterocycles. The third-order valence-corrected chi connectivity index (χ3v) is 4.22. The summed E-state index contributed by atoms with van der Waals surface area (Å²) >= 11 is 1.71. The zero-order chi connectivity index (χ0) is 11.4. The number of aromatic nitrogens is 1. The molecule has 1 fully saturated rings. The van der Waals surface area contributed by atoms with Crippen LogP contribution >= 0.6 is 11.3 Å². The van der Waals surface area contributed by atoms with Gasteiger partial charge in [0.1, 0.15) is 5.01 Å². The monoisotopic (exact) mass is 236 g/mol. The molecule has 1 aliphatic rings. The first-order chi connectivity index (χ1) is 7.79. The van der Waals surface area contributed by atoms with Gasteiger partial charge in [0, 0.05) is 17.6 Å². The topological polar surface area (TPSA) is 38.9 Å². The Bertz CT molecular complexity index is 362. The molecule has 0 bridgehead atoms. The van der Waals surface area contributed by atoms with E-state index in [2.05, 4.69) is 16.4 Å². The highest BCUT2D eigenvalue weighted by molar-refractivity contribution is 7.10. The maximum absolute atomic E-state index is 5.87. The van der Waals surface area contributed by atoms with Crippen LogP contribution in [0.15, 0.2) is 11.0 Å². The Morgan fingerprint density at radius 1 is 1.50 bits per heavy atom. The molecule has 0 amide bonds. The second-order valence-corrected chi connectivity index (χ2v) is 5.48. The Balaban J connectivity index is 2.11. The van der Waals surface area contributed by atoms with Crippen molar-refractivity contribution < 1.29 is 0 Å². The molecule has 16 heavy (non-hydrogen) atoms. The van der Waals surface area contributed by atoms with Crippen molar-refractivity contribution in [1.29, 1.82) is 0 Å². The third kappa shape index (κ3) is 2.92. The van der Waals surface area contributed by atoms with Gasteiger partial charge >= 0.3 is 0 Å². The molecule has 2 rings (SSSR count). The van der Waals surface area contributed by atoms with Crippen LogP contribution in [0.4, 0.5) is 0 Å². The van der Waals surface area contributed by atoms with Gasteiger partial charge in [-0.15, -0.1) is 11.3 Å².